The Bertz CT molecular complexity index is 755. The van der Waals surface area contributed by atoms with Crippen molar-refractivity contribution in [3.8, 4) is 5.75 Å². The third-order valence-electron chi connectivity index (χ3n) is 4.84. The molecule has 0 bridgehead atoms. The molecule has 2 aromatic rings. The summed E-state index contributed by atoms with van der Waals surface area (Å²) in [7, 11) is 0. The van der Waals surface area contributed by atoms with Crippen molar-refractivity contribution in [1.29, 1.82) is 0 Å². The van der Waals surface area contributed by atoms with Crippen LogP contribution in [-0.2, 0) is 6.42 Å². The number of hydrogen-bond donors (Lipinski definition) is 1. The number of amides is 1. The van der Waals surface area contributed by atoms with Crippen LogP contribution in [-0.4, -0.2) is 45.7 Å². The molecule has 0 unspecified atom stereocenters. The van der Waals surface area contributed by atoms with Gasteiger partial charge >= 0.3 is 0 Å². The molecular formula is C18H22N4O2. The quantitative estimate of drug-likeness (QED) is 0.920. The molecule has 2 aliphatic rings. The van der Waals surface area contributed by atoms with Crippen LogP contribution in [0.4, 0.5) is 0 Å². The highest BCUT2D eigenvalue weighted by Gasteiger charge is 2.28. The highest BCUT2D eigenvalue weighted by Crippen LogP contribution is 2.28. The first-order valence-electron chi connectivity index (χ1n) is 8.64. The lowest BCUT2D eigenvalue weighted by Crippen LogP contribution is -2.39. The molecule has 1 fully saturated rings. The highest BCUT2D eigenvalue weighted by molar-refractivity contribution is 5.94. The van der Waals surface area contributed by atoms with Crippen molar-refractivity contribution in [2.24, 2.45) is 0 Å². The third-order valence-corrected chi connectivity index (χ3v) is 4.84. The van der Waals surface area contributed by atoms with Gasteiger partial charge in [-0.25, -0.2) is 4.98 Å². The monoisotopic (exact) mass is 326 g/mol. The van der Waals surface area contributed by atoms with E-state index in [1.54, 1.807) is 0 Å². The van der Waals surface area contributed by atoms with Gasteiger partial charge in [0.25, 0.3) is 5.91 Å². The summed E-state index contributed by atoms with van der Waals surface area (Å²) in [5, 5.41) is 7.17. The van der Waals surface area contributed by atoms with E-state index in [1.807, 2.05) is 30.0 Å². The van der Waals surface area contributed by atoms with E-state index < -0.39 is 0 Å². The summed E-state index contributed by atoms with van der Waals surface area (Å²) >= 11 is 0. The van der Waals surface area contributed by atoms with Gasteiger partial charge in [0.2, 0.25) is 0 Å². The fourth-order valence-corrected chi connectivity index (χ4v) is 3.59. The normalized spacial score (nSPS) is 20.4. The number of piperidine rings is 1. The number of likely N-dealkylation sites (tertiary alicyclic amines) is 1. The standard InChI is InChI=1S/C18H22N4O2/c1-12-19-17(21-20-12)15-4-2-8-22(11-15)18(23)14-6-7-16-13(10-14)5-3-9-24-16/h6-7,10,15H,2-5,8-9,11H2,1H3,(H,19,20,21)/t15-/m0/s1. The molecule has 1 saturated heterocycles. The first kappa shape index (κ1) is 15.2. The summed E-state index contributed by atoms with van der Waals surface area (Å²) in [6.45, 7) is 4.15. The Hall–Kier alpha value is -2.37. The number of aromatic nitrogens is 3. The molecule has 0 aliphatic carbocycles. The zero-order chi connectivity index (χ0) is 16.5. The Kier molecular flexibility index (Phi) is 3.96. The van der Waals surface area contributed by atoms with Crippen LogP contribution in [0.25, 0.3) is 0 Å². The van der Waals surface area contributed by atoms with Crippen molar-refractivity contribution < 1.29 is 9.53 Å². The maximum atomic E-state index is 12.9. The lowest BCUT2D eigenvalue weighted by atomic mass is 9.96. The number of H-pyrrole nitrogens is 1. The highest BCUT2D eigenvalue weighted by atomic mass is 16.5. The van der Waals surface area contributed by atoms with Crippen LogP contribution in [0.15, 0.2) is 18.2 Å². The van der Waals surface area contributed by atoms with Crippen molar-refractivity contribution in [2.45, 2.75) is 38.5 Å². The molecule has 3 heterocycles. The average molecular weight is 326 g/mol. The second-order valence-electron chi connectivity index (χ2n) is 6.64. The van der Waals surface area contributed by atoms with Gasteiger partial charge in [-0.1, -0.05) is 0 Å². The van der Waals surface area contributed by atoms with Gasteiger partial charge in [-0.3, -0.25) is 9.89 Å². The summed E-state index contributed by atoms with van der Waals surface area (Å²) in [5.74, 6) is 2.88. The second-order valence-corrected chi connectivity index (χ2v) is 6.64. The van der Waals surface area contributed by atoms with Crippen LogP contribution in [0, 0.1) is 6.92 Å². The molecule has 2 aliphatic heterocycles. The fraction of sp³-hybridized carbons (Fsp3) is 0.500. The minimum Gasteiger partial charge on any atom is -0.493 e. The minimum absolute atomic E-state index is 0.0975. The molecule has 1 atom stereocenters. The van der Waals surface area contributed by atoms with Crippen LogP contribution in [0.2, 0.25) is 0 Å². The van der Waals surface area contributed by atoms with Gasteiger partial charge in [-0.2, -0.15) is 5.10 Å². The van der Waals surface area contributed by atoms with Gasteiger partial charge in [-0.05, 0) is 56.4 Å². The number of carbonyl (C=O) groups excluding carboxylic acids is 1. The van der Waals surface area contributed by atoms with Crippen LogP contribution < -0.4 is 4.74 Å². The molecule has 4 rings (SSSR count). The van der Waals surface area contributed by atoms with Gasteiger partial charge in [0.05, 0.1) is 6.61 Å². The van der Waals surface area contributed by atoms with Crippen molar-refractivity contribution in [2.75, 3.05) is 19.7 Å². The zero-order valence-corrected chi connectivity index (χ0v) is 13.9. The topological polar surface area (TPSA) is 71.1 Å². The van der Waals surface area contributed by atoms with E-state index in [-0.39, 0.29) is 11.8 Å². The summed E-state index contributed by atoms with van der Waals surface area (Å²) < 4.78 is 5.64. The van der Waals surface area contributed by atoms with E-state index in [0.29, 0.717) is 6.54 Å². The maximum absolute atomic E-state index is 12.9. The molecule has 0 radical (unpaired) electrons. The smallest absolute Gasteiger partial charge is 0.253 e. The molecule has 126 valence electrons. The van der Waals surface area contributed by atoms with Gasteiger partial charge in [-0.15, -0.1) is 0 Å². The van der Waals surface area contributed by atoms with Crippen molar-refractivity contribution in [3.05, 3.63) is 41.0 Å². The molecule has 1 N–H and O–H groups in total. The Balaban J connectivity index is 1.51. The number of aromatic amines is 1. The number of fused-ring (bicyclic) bond motifs is 1. The number of benzene rings is 1. The van der Waals surface area contributed by atoms with Crippen LogP contribution in [0.3, 0.4) is 0 Å². The Labute approximate surface area is 141 Å². The van der Waals surface area contributed by atoms with E-state index in [2.05, 4.69) is 15.2 Å². The van der Waals surface area contributed by atoms with Crippen LogP contribution >= 0.6 is 0 Å². The maximum Gasteiger partial charge on any atom is 0.253 e. The largest absolute Gasteiger partial charge is 0.493 e. The minimum atomic E-state index is 0.0975. The van der Waals surface area contributed by atoms with E-state index in [4.69, 9.17) is 4.74 Å². The number of nitrogens with zero attached hydrogens (tertiary/aromatic N) is 3. The predicted octanol–water partition coefficient (Wildman–Crippen LogP) is 2.46. The molecule has 24 heavy (non-hydrogen) atoms. The number of ether oxygens (including phenoxy) is 1. The number of carbonyl (C=O) groups is 1. The molecule has 6 heteroatoms. The SMILES string of the molecule is Cc1nc([C@H]2CCCN(C(=O)c3ccc4c(c3)CCCO4)C2)n[nH]1. The second kappa shape index (κ2) is 6.26. The van der Waals surface area contributed by atoms with E-state index in [9.17, 15) is 4.79 Å². The summed E-state index contributed by atoms with van der Waals surface area (Å²) in [4.78, 5) is 19.3. The fourth-order valence-electron chi connectivity index (χ4n) is 3.59. The molecule has 0 spiro atoms. The zero-order valence-electron chi connectivity index (χ0n) is 13.9. The van der Waals surface area contributed by atoms with Crippen molar-refractivity contribution >= 4 is 5.91 Å². The van der Waals surface area contributed by atoms with E-state index in [1.165, 1.54) is 0 Å². The predicted molar refractivity (Wildman–Crippen MR) is 89.3 cm³/mol. The average Bonchev–Trinajstić information content (AvgIpc) is 3.07. The molecule has 1 aromatic heterocycles. The summed E-state index contributed by atoms with van der Waals surface area (Å²) in [6, 6.07) is 5.81. The Morgan fingerprint density at radius 2 is 2.29 bits per heavy atom. The van der Waals surface area contributed by atoms with Crippen LogP contribution in [0.1, 0.15) is 52.8 Å². The lowest BCUT2D eigenvalue weighted by molar-refractivity contribution is 0.0704. The molecule has 1 aromatic carbocycles. The van der Waals surface area contributed by atoms with Gasteiger partial charge in [0.1, 0.15) is 11.6 Å². The molecule has 6 nitrogen and oxygen atoms in total. The third kappa shape index (κ3) is 2.88. The van der Waals surface area contributed by atoms with E-state index in [0.717, 1.165) is 67.4 Å². The van der Waals surface area contributed by atoms with Gasteiger partial charge in [0.15, 0.2) is 5.82 Å². The first-order valence-corrected chi connectivity index (χ1v) is 8.64. The number of hydrogen-bond acceptors (Lipinski definition) is 4. The van der Waals surface area contributed by atoms with E-state index >= 15 is 0 Å². The number of rotatable bonds is 2. The van der Waals surface area contributed by atoms with Crippen molar-refractivity contribution in [1.82, 2.24) is 20.1 Å². The van der Waals surface area contributed by atoms with Crippen LogP contribution in [0.5, 0.6) is 5.75 Å². The molecular weight excluding hydrogens is 304 g/mol. The van der Waals surface area contributed by atoms with Crippen molar-refractivity contribution in [3.63, 3.8) is 0 Å². The Morgan fingerprint density at radius 3 is 3.12 bits per heavy atom. The summed E-state index contributed by atoms with van der Waals surface area (Å²) in [6.07, 6.45) is 4.01. The Morgan fingerprint density at radius 1 is 1.38 bits per heavy atom. The van der Waals surface area contributed by atoms with Gasteiger partial charge < -0.3 is 9.64 Å². The molecule has 1 amide bonds. The number of aryl methyl sites for hydroxylation is 2. The molecule has 0 saturated carbocycles. The van der Waals surface area contributed by atoms with Gasteiger partial charge in [0, 0.05) is 24.6 Å². The summed E-state index contributed by atoms with van der Waals surface area (Å²) in [5.41, 5.74) is 1.90. The first-order chi connectivity index (χ1) is 11.7. The lowest BCUT2D eigenvalue weighted by Gasteiger charge is -2.31. The number of nitrogens with one attached hydrogen (secondary N) is 1.